The summed E-state index contributed by atoms with van der Waals surface area (Å²) in [5.41, 5.74) is 1.79. The van der Waals surface area contributed by atoms with Crippen LogP contribution in [0.5, 0.6) is 0 Å². The van der Waals surface area contributed by atoms with Crippen LogP contribution < -0.4 is 15.5 Å². The Kier molecular flexibility index (Phi) is 11.5. The summed E-state index contributed by atoms with van der Waals surface area (Å²) in [6, 6.07) is 10.5. The number of para-hydroxylation sites is 1. The summed E-state index contributed by atoms with van der Waals surface area (Å²) in [6.07, 6.45) is 6.77. The number of hydrogen-bond acceptors (Lipinski definition) is 4. The van der Waals surface area contributed by atoms with Crippen LogP contribution >= 0.6 is 35.7 Å². The van der Waals surface area contributed by atoms with Crippen LogP contribution in [0.2, 0.25) is 0 Å². The number of piperidine rings is 1. The van der Waals surface area contributed by atoms with E-state index in [1.54, 1.807) is 0 Å². The first-order valence-electron chi connectivity index (χ1n) is 8.98. The molecule has 1 aliphatic heterocycles. The molecule has 0 spiro atoms. The lowest BCUT2D eigenvalue weighted by Crippen LogP contribution is -2.51. The predicted octanol–water partition coefficient (Wildman–Crippen LogP) is 3.45. The lowest BCUT2D eigenvalue weighted by Gasteiger charge is -2.35. The molecule has 1 aromatic rings. The van der Waals surface area contributed by atoms with Crippen molar-refractivity contribution in [2.75, 3.05) is 43.6 Å². The molecule has 1 aromatic carbocycles. The maximum absolute atomic E-state index is 9.33. The summed E-state index contributed by atoms with van der Waals surface area (Å²) in [4.78, 5) is 6.66. The molecule has 0 aliphatic carbocycles. The second-order valence-corrected chi connectivity index (χ2v) is 7.24. The molecule has 7 heteroatoms. The van der Waals surface area contributed by atoms with E-state index in [4.69, 9.17) is 0 Å². The van der Waals surface area contributed by atoms with Gasteiger partial charge in [0.1, 0.15) is 6.07 Å². The quantitative estimate of drug-likeness (QED) is 0.267. The topological polar surface area (TPSA) is 63.5 Å². The van der Waals surface area contributed by atoms with Crippen molar-refractivity contribution < 1.29 is 0 Å². The van der Waals surface area contributed by atoms with Crippen molar-refractivity contribution in [3.63, 3.8) is 0 Å². The van der Waals surface area contributed by atoms with Crippen LogP contribution in [0.1, 0.15) is 31.2 Å². The Balaban J connectivity index is 0.00000338. The van der Waals surface area contributed by atoms with E-state index in [1.807, 2.05) is 43.1 Å². The minimum Gasteiger partial charge on any atom is -0.368 e. The van der Waals surface area contributed by atoms with Crippen molar-refractivity contribution in [2.24, 2.45) is 4.99 Å². The van der Waals surface area contributed by atoms with Crippen LogP contribution in [0.25, 0.3) is 0 Å². The number of nitriles is 1. The van der Waals surface area contributed by atoms with Gasteiger partial charge in [0.15, 0.2) is 5.96 Å². The number of benzene rings is 1. The summed E-state index contributed by atoms with van der Waals surface area (Å²) in [7, 11) is 1.82. The molecule has 0 saturated carbocycles. The predicted molar refractivity (Wildman–Crippen MR) is 124 cm³/mol. The summed E-state index contributed by atoms with van der Waals surface area (Å²) in [6.45, 7) is 2.84. The zero-order valence-corrected chi connectivity index (χ0v) is 18.8. The number of guanidine groups is 1. The fourth-order valence-corrected chi connectivity index (χ4v) is 3.62. The van der Waals surface area contributed by atoms with E-state index in [-0.39, 0.29) is 24.0 Å². The number of nitrogens with zero attached hydrogens (tertiary/aromatic N) is 3. The Hall–Kier alpha value is -1.14. The van der Waals surface area contributed by atoms with Gasteiger partial charge in [0.2, 0.25) is 0 Å². The number of halogens is 1. The summed E-state index contributed by atoms with van der Waals surface area (Å²) < 4.78 is 0. The zero-order valence-electron chi connectivity index (χ0n) is 15.7. The van der Waals surface area contributed by atoms with Crippen molar-refractivity contribution in [3.05, 3.63) is 29.8 Å². The van der Waals surface area contributed by atoms with Gasteiger partial charge >= 0.3 is 0 Å². The second kappa shape index (κ2) is 13.1. The lowest BCUT2D eigenvalue weighted by atomic mass is 10.0. The number of thioether (sulfide) groups is 1. The zero-order chi connectivity index (χ0) is 17.9. The third-order valence-electron chi connectivity index (χ3n) is 4.42. The van der Waals surface area contributed by atoms with Gasteiger partial charge in [-0.2, -0.15) is 17.0 Å². The van der Waals surface area contributed by atoms with E-state index < -0.39 is 0 Å². The average Bonchev–Trinajstić information content (AvgIpc) is 2.67. The molecule has 144 valence electrons. The highest BCUT2D eigenvalue weighted by Crippen LogP contribution is 2.23. The van der Waals surface area contributed by atoms with E-state index >= 15 is 0 Å². The molecule has 0 bridgehead atoms. The SMILES string of the molecule is CN=C(NCCCCSC)NC1CCCN(c2ccccc2C#N)C1.I. The monoisotopic (exact) mass is 487 g/mol. The van der Waals surface area contributed by atoms with Crippen LogP contribution in [0.4, 0.5) is 5.69 Å². The van der Waals surface area contributed by atoms with E-state index in [9.17, 15) is 5.26 Å². The molecule has 5 nitrogen and oxygen atoms in total. The lowest BCUT2D eigenvalue weighted by molar-refractivity contribution is 0.467. The standard InChI is InChI=1S/C19H29N5S.HI/c1-21-19(22-11-5-6-13-25-2)23-17-9-7-12-24(15-17)18-10-4-3-8-16(18)14-20;/h3-4,8,10,17H,5-7,9,11-13,15H2,1-2H3,(H2,21,22,23);1H. The van der Waals surface area contributed by atoms with Crippen LogP contribution in [-0.4, -0.2) is 50.7 Å². The molecule has 1 heterocycles. The minimum atomic E-state index is 0. The normalized spacial score (nSPS) is 17.2. The molecule has 1 fully saturated rings. The van der Waals surface area contributed by atoms with E-state index in [1.165, 1.54) is 12.2 Å². The Labute approximate surface area is 179 Å². The van der Waals surface area contributed by atoms with E-state index in [0.29, 0.717) is 6.04 Å². The molecule has 26 heavy (non-hydrogen) atoms. The Bertz CT molecular complexity index is 602. The second-order valence-electron chi connectivity index (χ2n) is 6.26. The van der Waals surface area contributed by atoms with Crippen LogP contribution in [-0.2, 0) is 0 Å². The molecule has 2 N–H and O–H groups in total. The molecule has 1 unspecified atom stereocenters. The molecule has 1 saturated heterocycles. The van der Waals surface area contributed by atoms with E-state index in [0.717, 1.165) is 56.1 Å². The van der Waals surface area contributed by atoms with Gasteiger partial charge in [0.05, 0.1) is 11.3 Å². The maximum atomic E-state index is 9.33. The molecule has 2 rings (SSSR count). The fourth-order valence-electron chi connectivity index (χ4n) is 3.12. The molecule has 0 aromatic heterocycles. The van der Waals surface area contributed by atoms with Crippen LogP contribution in [0.15, 0.2) is 29.3 Å². The smallest absolute Gasteiger partial charge is 0.191 e. The molecule has 0 amide bonds. The third kappa shape index (κ3) is 7.23. The maximum Gasteiger partial charge on any atom is 0.191 e. The number of hydrogen-bond donors (Lipinski definition) is 2. The first-order valence-corrected chi connectivity index (χ1v) is 10.4. The number of rotatable bonds is 7. The summed E-state index contributed by atoms with van der Waals surface area (Å²) >= 11 is 1.89. The van der Waals surface area contributed by atoms with Crippen LogP contribution in [0, 0.1) is 11.3 Å². The van der Waals surface area contributed by atoms with Crippen molar-refractivity contribution in [3.8, 4) is 6.07 Å². The van der Waals surface area contributed by atoms with Crippen molar-refractivity contribution in [1.29, 1.82) is 5.26 Å². The third-order valence-corrected chi connectivity index (χ3v) is 5.12. The molecular weight excluding hydrogens is 457 g/mol. The fraction of sp³-hybridized carbons (Fsp3) is 0.579. The van der Waals surface area contributed by atoms with Crippen molar-refractivity contribution >= 4 is 47.4 Å². The van der Waals surface area contributed by atoms with Crippen LogP contribution in [0.3, 0.4) is 0 Å². The Morgan fingerprint density at radius 1 is 1.38 bits per heavy atom. The number of unbranched alkanes of at least 4 members (excludes halogenated alkanes) is 1. The highest BCUT2D eigenvalue weighted by molar-refractivity contribution is 14.0. The van der Waals surface area contributed by atoms with Gasteiger partial charge in [-0.05, 0) is 49.8 Å². The Morgan fingerprint density at radius 2 is 2.19 bits per heavy atom. The highest BCUT2D eigenvalue weighted by atomic mass is 127. The Morgan fingerprint density at radius 3 is 2.92 bits per heavy atom. The molecule has 1 aliphatic rings. The van der Waals surface area contributed by atoms with Gasteiger partial charge in [0, 0.05) is 32.7 Å². The first-order chi connectivity index (χ1) is 12.3. The van der Waals surface area contributed by atoms with Crippen molar-refractivity contribution in [1.82, 2.24) is 10.6 Å². The number of nitrogens with one attached hydrogen (secondary N) is 2. The number of aliphatic imine (C=N–C) groups is 1. The number of anilines is 1. The van der Waals surface area contributed by atoms with Gasteiger partial charge in [-0.25, -0.2) is 0 Å². The van der Waals surface area contributed by atoms with Crippen molar-refractivity contribution in [2.45, 2.75) is 31.7 Å². The first kappa shape index (κ1) is 22.9. The molecule has 1 atom stereocenters. The minimum absolute atomic E-state index is 0. The van der Waals surface area contributed by atoms with Gasteiger partial charge in [-0.15, -0.1) is 24.0 Å². The van der Waals surface area contributed by atoms with Gasteiger partial charge in [0.25, 0.3) is 0 Å². The summed E-state index contributed by atoms with van der Waals surface area (Å²) in [5, 5.41) is 16.3. The largest absolute Gasteiger partial charge is 0.368 e. The average molecular weight is 487 g/mol. The van der Waals surface area contributed by atoms with Gasteiger partial charge in [-0.3, -0.25) is 4.99 Å². The summed E-state index contributed by atoms with van der Waals surface area (Å²) in [5.74, 6) is 2.09. The molecule has 0 radical (unpaired) electrons. The molecular formula is C19H30IN5S. The van der Waals surface area contributed by atoms with E-state index in [2.05, 4.69) is 32.9 Å². The highest BCUT2D eigenvalue weighted by Gasteiger charge is 2.22. The van der Waals surface area contributed by atoms with Gasteiger partial charge < -0.3 is 15.5 Å². The van der Waals surface area contributed by atoms with Gasteiger partial charge in [-0.1, -0.05) is 12.1 Å².